The maximum atomic E-state index is 12.0. The van der Waals surface area contributed by atoms with Gasteiger partial charge in [-0.1, -0.05) is 0 Å². The first-order valence-electron chi connectivity index (χ1n) is 7.15. The SMILES string of the molecule is CC(C)S(=O)(=O)c1ccc(C(=O)NC[C@H]2CCCO2)cc1. The second kappa shape index (κ2) is 6.58. The van der Waals surface area contributed by atoms with Crippen LogP contribution in [0.15, 0.2) is 29.2 Å². The Morgan fingerprint density at radius 3 is 2.52 bits per heavy atom. The summed E-state index contributed by atoms with van der Waals surface area (Å²) in [7, 11) is -3.30. The minimum Gasteiger partial charge on any atom is -0.376 e. The van der Waals surface area contributed by atoms with Crippen LogP contribution in [-0.2, 0) is 14.6 Å². The fraction of sp³-hybridized carbons (Fsp3) is 0.533. The van der Waals surface area contributed by atoms with Crippen molar-refractivity contribution in [1.82, 2.24) is 5.32 Å². The predicted molar refractivity (Wildman–Crippen MR) is 80.1 cm³/mol. The van der Waals surface area contributed by atoms with E-state index >= 15 is 0 Å². The lowest BCUT2D eigenvalue weighted by molar-refractivity contribution is 0.0857. The van der Waals surface area contributed by atoms with Gasteiger partial charge in [-0.2, -0.15) is 0 Å². The highest BCUT2D eigenvalue weighted by atomic mass is 32.2. The Labute approximate surface area is 125 Å². The zero-order chi connectivity index (χ0) is 15.5. The topological polar surface area (TPSA) is 72.5 Å². The van der Waals surface area contributed by atoms with Crippen molar-refractivity contribution in [2.45, 2.75) is 42.9 Å². The van der Waals surface area contributed by atoms with E-state index in [4.69, 9.17) is 4.74 Å². The number of amides is 1. The normalized spacial score (nSPS) is 18.9. The Hall–Kier alpha value is -1.40. The van der Waals surface area contributed by atoms with Crippen LogP contribution in [0.5, 0.6) is 0 Å². The van der Waals surface area contributed by atoms with E-state index < -0.39 is 15.1 Å². The molecule has 0 aromatic heterocycles. The zero-order valence-corrected chi connectivity index (χ0v) is 13.2. The smallest absolute Gasteiger partial charge is 0.251 e. The van der Waals surface area contributed by atoms with E-state index in [1.807, 2.05) is 0 Å². The molecule has 6 heteroatoms. The summed E-state index contributed by atoms with van der Waals surface area (Å²) in [5.74, 6) is -0.209. The van der Waals surface area contributed by atoms with Crippen molar-refractivity contribution in [2.75, 3.05) is 13.2 Å². The van der Waals surface area contributed by atoms with Crippen LogP contribution in [0.2, 0.25) is 0 Å². The number of rotatable bonds is 5. The lowest BCUT2D eigenvalue weighted by Gasteiger charge is -2.11. The molecule has 1 atom stereocenters. The number of hydrogen-bond acceptors (Lipinski definition) is 4. The van der Waals surface area contributed by atoms with E-state index in [0.29, 0.717) is 12.1 Å². The fourth-order valence-corrected chi connectivity index (χ4v) is 3.24. The van der Waals surface area contributed by atoms with Crippen molar-refractivity contribution in [1.29, 1.82) is 0 Å². The van der Waals surface area contributed by atoms with Gasteiger partial charge in [0.25, 0.3) is 5.91 Å². The highest BCUT2D eigenvalue weighted by molar-refractivity contribution is 7.92. The molecular weight excluding hydrogens is 290 g/mol. The van der Waals surface area contributed by atoms with Gasteiger partial charge in [0.1, 0.15) is 0 Å². The first kappa shape index (κ1) is 16.0. The van der Waals surface area contributed by atoms with Gasteiger partial charge in [0.15, 0.2) is 9.84 Å². The second-order valence-electron chi connectivity index (χ2n) is 5.46. The van der Waals surface area contributed by atoms with Crippen LogP contribution in [0.25, 0.3) is 0 Å². The molecule has 1 amide bonds. The molecule has 1 saturated heterocycles. The summed E-state index contributed by atoms with van der Waals surface area (Å²) in [6.45, 7) is 4.52. The molecule has 5 nitrogen and oxygen atoms in total. The third-order valence-electron chi connectivity index (χ3n) is 3.58. The van der Waals surface area contributed by atoms with Gasteiger partial charge in [0, 0.05) is 18.7 Å². The molecule has 1 aliphatic heterocycles. The molecule has 2 rings (SSSR count). The highest BCUT2D eigenvalue weighted by Gasteiger charge is 2.20. The van der Waals surface area contributed by atoms with E-state index in [-0.39, 0.29) is 16.9 Å². The second-order valence-corrected chi connectivity index (χ2v) is 7.97. The van der Waals surface area contributed by atoms with Gasteiger partial charge in [0.2, 0.25) is 0 Å². The molecule has 0 unspecified atom stereocenters. The van der Waals surface area contributed by atoms with Crippen molar-refractivity contribution < 1.29 is 17.9 Å². The summed E-state index contributed by atoms with van der Waals surface area (Å²) >= 11 is 0. The van der Waals surface area contributed by atoms with Crippen LogP contribution in [0.1, 0.15) is 37.0 Å². The van der Waals surface area contributed by atoms with Gasteiger partial charge in [-0.05, 0) is 51.0 Å². The molecule has 1 N–H and O–H groups in total. The molecule has 1 aliphatic rings. The Bertz CT molecular complexity index is 587. The monoisotopic (exact) mass is 311 g/mol. The van der Waals surface area contributed by atoms with Crippen molar-refractivity contribution in [3.8, 4) is 0 Å². The Kier molecular flexibility index (Phi) is 5.00. The number of carbonyl (C=O) groups is 1. The number of nitrogens with one attached hydrogen (secondary N) is 1. The number of sulfone groups is 1. The lowest BCUT2D eigenvalue weighted by Crippen LogP contribution is -2.31. The Morgan fingerprint density at radius 2 is 2.00 bits per heavy atom. The third kappa shape index (κ3) is 3.83. The Morgan fingerprint density at radius 1 is 1.33 bits per heavy atom. The number of hydrogen-bond donors (Lipinski definition) is 1. The van der Waals surface area contributed by atoms with Gasteiger partial charge >= 0.3 is 0 Å². The largest absolute Gasteiger partial charge is 0.376 e. The van der Waals surface area contributed by atoms with E-state index in [9.17, 15) is 13.2 Å². The molecule has 21 heavy (non-hydrogen) atoms. The molecule has 1 aromatic carbocycles. The summed E-state index contributed by atoms with van der Waals surface area (Å²) in [4.78, 5) is 12.2. The maximum Gasteiger partial charge on any atom is 0.251 e. The molecule has 0 aliphatic carbocycles. The van der Waals surface area contributed by atoms with Crippen molar-refractivity contribution >= 4 is 15.7 Å². The van der Waals surface area contributed by atoms with Crippen LogP contribution < -0.4 is 5.32 Å². The third-order valence-corrected chi connectivity index (χ3v) is 5.75. The average Bonchev–Trinajstić information content (AvgIpc) is 2.98. The average molecular weight is 311 g/mol. The molecule has 116 valence electrons. The zero-order valence-electron chi connectivity index (χ0n) is 12.3. The predicted octanol–water partition coefficient (Wildman–Crippen LogP) is 1.78. The Balaban J connectivity index is 1.99. The minimum absolute atomic E-state index is 0.0922. The van der Waals surface area contributed by atoms with E-state index in [1.54, 1.807) is 26.0 Å². The van der Waals surface area contributed by atoms with Crippen LogP contribution in [0.3, 0.4) is 0 Å². The standard InChI is InChI=1S/C15H21NO4S/c1-11(2)21(18,19)14-7-5-12(6-8-14)15(17)16-10-13-4-3-9-20-13/h5-8,11,13H,3-4,9-10H2,1-2H3,(H,16,17)/t13-/m1/s1. The summed E-state index contributed by atoms with van der Waals surface area (Å²) in [6, 6.07) is 6.05. The summed E-state index contributed by atoms with van der Waals surface area (Å²) in [5.41, 5.74) is 0.454. The maximum absolute atomic E-state index is 12.0. The van der Waals surface area contributed by atoms with E-state index in [2.05, 4.69) is 5.32 Å². The van der Waals surface area contributed by atoms with Crippen molar-refractivity contribution in [3.63, 3.8) is 0 Å². The van der Waals surface area contributed by atoms with Gasteiger partial charge in [0.05, 0.1) is 16.2 Å². The van der Waals surface area contributed by atoms with Crippen LogP contribution in [0.4, 0.5) is 0 Å². The molecule has 0 bridgehead atoms. The minimum atomic E-state index is -3.30. The highest BCUT2D eigenvalue weighted by Crippen LogP contribution is 2.16. The first-order valence-corrected chi connectivity index (χ1v) is 8.69. The van der Waals surface area contributed by atoms with Gasteiger partial charge in [-0.15, -0.1) is 0 Å². The summed E-state index contributed by atoms with van der Waals surface area (Å²) in [5, 5.41) is 2.33. The molecule has 1 heterocycles. The molecule has 1 fully saturated rings. The number of ether oxygens (including phenoxy) is 1. The van der Waals surface area contributed by atoms with Gasteiger partial charge in [-0.3, -0.25) is 4.79 Å². The van der Waals surface area contributed by atoms with Crippen LogP contribution in [-0.4, -0.2) is 38.8 Å². The fourth-order valence-electron chi connectivity index (χ4n) is 2.18. The lowest BCUT2D eigenvalue weighted by atomic mass is 10.2. The van der Waals surface area contributed by atoms with E-state index in [1.165, 1.54) is 12.1 Å². The molecule has 0 saturated carbocycles. The summed E-state index contributed by atoms with van der Waals surface area (Å²) < 4.78 is 29.4. The van der Waals surface area contributed by atoms with Crippen molar-refractivity contribution in [2.24, 2.45) is 0 Å². The quantitative estimate of drug-likeness (QED) is 0.899. The number of carbonyl (C=O) groups excluding carboxylic acids is 1. The molecule has 1 aromatic rings. The van der Waals surface area contributed by atoms with Crippen LogP contribution >= 0.6 is 0 Å². The number of benzene rings is 1. The first-order chi connectivity index (χ1) is 9.91. The van der Waals surface area contributed by atoms with Gasteiger partial charge < -0.3 is 10.1 Å². The molecule has 0 radical (unpaired) electrons. The molecular formula is C15H21NO4S. The summed E-state index contributed by atoms with van der Waals surface area (Å²) in [6.07, 6.45) is 2.09. The van der Waals surface area contributed by atoms with Crippen LogP contribution in [0, 0.1) is 0 Å². The van der Waals surface area contributed by atoms with Gasteiger partial charge in [-0.25, -0.2) is 8.42 Å². The van der Waals surface area contributed by atoms with E-state index in [0.717, 1.165) is 19.4 Å². The van der Waals surface area contributed by atoms with Crippen molar-refractivity contribution in [3.05, 3.63) is 29.8 Å². The molecule has 0 spiro atoms.